The summed E-state index contributed by atoms with van der Waals surface area (Å²) in [6, 6.07) is 5.81. The first kappa shape index (κ1) is 19.2. The van der Waals surface area contributed by atoms with Gasteiger partial charge in [-0.15, -0.1) is 0 Å². The van der Waals surface area contributed by atoms with Gasteiger partial charge in [0.25, 0.3) is 0 Å². The van der Waals surface area contributed by atoms with Crippen molar-refractivity contribution in [3.8, 4) is 0 Å². The number of benzene rings is 1. The van der Waals surface area contributed by atoms with E-state index in [-0.39, 0.29) is 0 Å². The second kappa shape index (κ2) is 7.21. The summed E-state index contributed by atoms with van der Waals surface area (Å²) < 4.78 is 29.6. The quantitative estimate of drug-likeness (QED) is 0.797. The number of hydrogen-bond donors (Lipinski definition) is 0. The molecule has 8 heteroatoms. The predicted octanol–water partition coefficient (Wildman–Crippen LogP) is 2.99. The van der Waals surface area contributed by atoms with Crippen molar-refractivity contribution >= 4 is 27.3 Å². The molecule has 0 amide bonds. The van der Waals surface area contributed by atoms with Crippen LogP contribution in [0.25, 0.3) is 0 Å². The van der Waals surface area contributed by atoms with Crippen LogP contribution >= 0.6 is 11.6 Å². The Labute approximate surface area is 160 Å². The van der Waals surface area contributed by atoms with Crippen LogP contribution in [0.5, 0.6) is 0 Å². The summed E-state index contributed by atoms with van der Waals surface area (Å²) in [6.07, 6.45) is 0. The molecule has 0 spiro atoms. The van der Waals surface area contributed by atoms with Gasteiger partial charge in [-0.05, 0) is 45.4 Å². The molecule has 3 rings (SSSR count). The zero-order chi connectivity index (χ0) is 19.1. The monoisotopic (exact) mass is 396 g/mol. The van der Waals surface area contributed by atoms with Gasteiger partial charge in [0.2, 0.25) is 10.0 Å². The van der Waals surface area contributed by atoms with E-state index >= 15 is 0 Å². The fraction of sp³-hybridized carbons (Fsp3) is 0.500. The van der Waals surface area contributed by atoms with Gasteiger partial charge in [0.15, 0.2) is 0 Å². The number of halogens is 1. The molecular weight excluding hydrogens is 372 g/mol. The highest BCUT2D eigenvalue weighted by atomic mass is 35.5. The largest absolute Gasteiger partial charge is 0.369 e. The molecule has 1 aliphatic rings. The molecule has 0 aliphatic carbocycles. The Kier molecular flexibility index (Phi) is 5.33. The molecule has 0 bridgehead atoms. The Morgan fingerprint density at radius 1 is 1.12 bits per heavy atom. The highest BCUT2D eigenvalue weighted by molar-refractivity contribution is 7.89. The number of hydrogen-bond acceptors (Lipinski definition) is 4. The van der Waals surface area contributed by atoms with Gasteiger partial charge in [-0.1, -0.05) is 17.7 Å². The molecule has 26 heavy (non-hydrogen) atoms. The van der Waals surface area contributed by atoms with Gasteiger partial charge in [-0.3, -0.25) is 4.68 Å². The standard InChI is InChI=1S/C18H25ClN4O2S/c1-5-23-15(4)18(14(3)20-23)26(24,25)22-10-8-21(9-11-22)17-12-16(19)7-6-13(17)2/h6-7,12H,5,8-11H2,1-4H3. The third kappa shape index (κ3) is 3.35. The normalized spacial score (nSPS) is 16.3. The predicted molar refractivity (Wildman–Crippen MR) is 105 cm³/mol. The van der Waals surface area contributed by atoms with E-state index < -0.39 is 10.0 Å². The average Bonchev–Trinajstić information content (AvgIpc) is 2.91. The second-order valence-corrected chi connectivity index (χ2v) is 8.95. The minimum Gasteiger partial charge on any atom is -0.369 e. The topological polar surface area (TPSA) is 58.4 Å². The van der Waals surface area contributed by atoms with E-state index in [9.17, 15) is 8.42 Å². The zero-order valence-corrected chi connectivity index (χ0v) is 17.2. The Morgan fingerprint density at radius 3 is 2.35 bits per heavy atom. The summed E-state index contributed by atoms with van der Waals surface area (Å²) in [6.45, 7) is 10.4. The van der Waals surface area contributed by atoms with Gasteiger partial charge in [-0.2, -0.15) is 9.40 Å². The smallest absolute Gasteiger partial charge is 0.246 e. The van der Waals surface area contributed by atoms with Crippen molar-refractivity contribution in [2.24, 2.45) is 0 Å². The second-order valence-electron chi connectivity index (χ2n) is 6.64. The zero-order valence-electron chi connectivity index (χ0n) is 15.7. The summed E-state index contributed by atoms with van der Waals surface area (Å²) in [5.74, 6) is 0. The molecule has 1 aromatic heterocycles. The molecule has 142 valence electrons. The van der Waals surface area contributed by atoms with E-state index in [0.29, 0.717) is 54.0 Å². The lowest BCUT2D eigenvalue weighted by Crippen LogP contribution is -2.49. The maximum absolute atomic E-state index is 13.2. The van der Waals surface area contributed by atoms with Crippen molar-refractivity contribution in [1.29, 1.82) is 0 Å². The Hall–Kier alpha value is -1.57. The van der Waals surface area contributed by atoms with Crippen LogP contribution in [0.2, 0.25) is 5.02 Å². The number of anilines is 1. The SMILES string of the molecule is CCn1nc(C)c(S(=O)(=O)N2CCN(c3cc(Cl)ccc3C)CC2)c1C. The Bertz CT molecular complexity index is 916. The molecule has 0 atom stereocenters. The molecule has 1 aromatic carbocycles. The van der Waals surface area contributed by atoms with Crippen LogP contribution in [0, 0.1) is 20.8 Å². The van der Waals surface area contributed by atoms with Crippen LogP contribution in [-0.2, 0) is 16.6 Å². The van der Waals surface area contributed by atoms with Crippen molar-refractivity contribution in [2.45, 2.75) is 39.1 Å². The van der Waals surface area contributed by atoms with Gasteiger partial charge in [-0.25, -0.2) is 8.42 Å². The van der Waals surface area contributed by atoms with E-state index in [2.05, 4.69) is 10.00 Å². The highest BCUT2D eigenvalue weighted by Gasteiger charge is 2.33. The molecular formula is C18H25ClN4O2S. The molecule has 0 N–H and O–H groups in total. The first-order valence-corrected chi connectivity index (χ1v) is 10.6. The van der Waals surface area contributed by atoms with Crippen molar-refractivity contribution in [1.82, 2.24) is 14.1 Å². The van der Waals surface area contributed by atoms with Crippen molar-refractivity contribution in [3.05, 3.63) is 40.2 Å². The number of piperazine rings is 1. The van der Waals surface area contributed by atoms with Crippen LogP contribution in [-0.4, -0.2) is 48.7 Å². The number of nitrogens with zero attached hydrogens (tertiary/aromatic N) is 4. The summed E-state index contributed by atoms with van der Waals surface area (Å²) in [5, 5.41) is 5.05. The minimum absolute atomic E-state index is 0.353. The molecule has 0 radical (unpaired) electrons. The lowest BCUT2D eigenvalue weighted by atomic mass is 10.1. The van der Waals surface area contributed by atoms with Crippen LogP contribution in [0.4, 0.5) is 5.69 Å². The van der Waals surface area contributed by atoms with Crippen molar-refractivity contribution < 1.29 is 8.42 Å². The van der Waals surface area contributed by atoms with Crippen LogP contribution < -0.4 is 4.90 Å². The number of aryl methyl sites for hydroxylation is 3. The van der Waals surface area contributed by atoms with Gasteiger partial charge < -0.3 is 4.90 Å². The molecule has 1 fully saturated rings. The summed E-state index contributed by atoms with van der Waals surface area (Å²) >= 11 is 6.13. The van der Waals surface area contributed by atoms with E-state index in [1.54, 1.807) is 15.9 Å². The van der Waals surface area contributed by atoms with Gasteiger partial charge in [0.1, 0.15) is 4.90 Å². The van der Waals surface area contributed by atoms with Gasteiger partial charge in [0, 0.05) is 43.4 Å². The summed E-state index contributed by atoms with van der Waals surface area (Å²) in [7, 11) is -3.54. The number of aromatic nitrogens is 2. The third-order valence-corrected chi connectivity index (χ3v) is 7.35. The maximum Gasteiger partial charge on any atom is 0.246 e. The fourth-order valence-corrected chi connectivity index (χ4v) is 5.54. The first-order chi connectivity index (χ1) is 12.3. The summed E-state index contributed by atoms with van der Waals surface area (Å²) in [5.41, 5.74) is 3.48. The van der Waals surface area contributed by atoms with E-state index in [1.165, 1.54) is 0 Å². The number of rotatable bonds is 4. The van der Waals surface area contributed by atoms with E-state index in [0.717, 1.165) is 11.3 Å². The molecule has 1 aliphatic heterocycles. The van der Waals surface area contributed by atoms with E-state index in [4.69, 9.17) is 11.6 Å². The average molecular weight is 397 g/mol. The van der Waals surface area contributed by atoms with Crippen molar-refractivity contribution in [3.63, 3.8) is 0 Å². The first-order valence-electron chi connectivity index (χ1n) is 8.81. The third-order valence-electron chi connectivity index (χ3n) is 4.96. The molecule has 2 aromatic rings. The maximum atomic E-state index is 13.2. The van der Waals surface area contributed by atoms with Gasteiger partial charge in [0.05, 0.1) is 11.4 Å². The van der Waals surface area contributed by atoms with Crippen LogP contribution in [0.1, 0.15) is 23.9 Å². The molecule has 0 saturated carbocycles. The van der Waals surface area contributed by atoms with E-state index in [1.807, 2.05) is 39.0 Å². The highest BCUT2D eigenvalue weighted by Crippen LogP contribution is 2.28. The Balaban J connectivity index is 1.81. The lowest BCUT2D eigenvalue weighted by Gasteiger charge is -2.36. The fourth-order valence-electron chi connectivity index (χ4n) is 3.58. The van der Waals surface area contributed by atoms with Crippen LogP contribution in [0.15, 0.2) is 23.1 Å². The lowest BCUT2D eigenvalue weighted by molar-refractivity contribution is 0.384. The molecule has 6 nitrogen and oxygen atoms in total. The summed E-state index contributed by atoms with van der Waals surface area (Å²) in [4.78, 5) is 2.55. The van der Waals surface area contributed by atoms with Crippen molar-refractivity contribution in [2.75, 3.05) is 31.1 Å². The molecule has 0 unspecified atom stereocenters. The Morgan fingerprint density at radius 2 is 1.77 bits per heavy atom. The molecule has 1 saturated heterocycles. The number of sulfonamides is 1. The van der Waals surface area contributed by atoms with Gasteiger partial charge >= 0.3 is 0 Å². The van der Waals surface area contributed by atoms with Crippen LogP contribution in [0.3, 0.4) is 0 Å². The molecule has 2 heterocycles. The minimum atomic E-state index is -3.54.